The van der Waals surface area contributed by atoms with E-state index in [4.69, 9.17) is 0 Å². The molecule has 0 radical (unpaired) electrons. The quantitative estimate of drug-likeness (QED) is 0.489. The Kier molecular flexibility index (Phi) is 1.51. The Labute approximate surface area is 73.7 Å². The van der Waals surface area contributed by atoms with Crippen LogP contribution in [0.4, 0.5) is 5.82 Å². The third-order valence-electron chi connectivity index (χ3n) is 1.88. The van der Waals surface area contributed by atoms with Crippen molar-refractivity contribution in [2.45, 2.75) is 0 Å². The van der Waals surface area contributed by atoms with Gasteiger partial charge in [-0.25, -0.2) is 0 Å². The van der Waals surface area contributed by atoms with E-state index in [1.165, 1.54) is 4.68 Å². The van der Waals surface area contributed by atoms with Crippen molar-refractivity contribution in [2.75, 3.05) is 0 Å². The molecule has 66 valence electrons. The van der Waals surface area contributed by atoms with Crippen molar-refractivity contribution in [1.29, 1.82) is 0 Å². The number of nitrogens with zero attached hydrogens (tertiary/aromatic N) is 3. The Morgan fingerprint density at radius 2 is 2.15 bits per heavy atom. The summed E-state index contributed by atoms with van der Waals surface area (Å²) in [7, 11) is 1.57. The van der Waals surface area contributed by atoms with Gasteiger partial charge in [-0.1, -0.05) is 17.2 Å². The SMILES string of the molecule is Cn1nc2ccccc2c1[N+](=O)[O-]. The number of aromatic nitrogens is 2. The lowest BCUT2D eigenvalue weighted by Crippen LogP contribution is -1.97. The van der Waals surface area contributed by atoms with Crippen LogP contribution < -0.4 is 0 Å². The summed E-state index contributed by atoms with van der Waals surface area (Å²) in [5.74, 6) is 0.0376. The second-order valence-electron chi connectivity index (χ2n) is 2.72. The predicted molar refractivity (Wildman–Crippen MR) is 47.4 cm³/mol. The van der Waals surface area contributed by atoms with Crippen LogP contribution in [-0.4, -0.2) is 14.7 Å². The molecule has 2 rings (SSSR count). The van der Waals surface area contributed by atoms with Gasteiger partial charge in [-0.05, 0) is 17.1 Å². The number of aryl methyl sites for hydroxylation is 1. The summed E-state index contributed by atoms with van der Waals surface area (Å²) in [6, 6.07) is 7.01. The van der Waals surface area contributed by atoms with Gasteiger partial charge >= 0.3 is 5.82 Å². The number of benzene rings is 1. The largest absolute Gasteiger partial charge is 0.358 e. The van der Waals surface area contributed by atoms with Crippen LogP contribution in [0, 0.1) is 10.1 Å². The van der Waals surface area contributed by atoms with Gasteiger partial charge in [-0.2, -0.15) is 0 Å². The van der Waals surface area contributed by atoms with Crippen LogP contribution in [0.1, 0.15) is 0 Å². The molecule has 0 amide bonds. The molecule has 1 aromatic heterocycles. The summed E-state index contributed by atoms with van der Waals surface area (Å²) in [6.45, 7) is 0. The molecule has 13 heavy (non-hydrogen) atoms. The maximum Gasteiger partial charge on any atom is 0.352 e. The van der Waals surface area contributed by atoms with Gasteiger partial charge in [0, 0.05) is 0 Å². The molecule has 0 N–H and O–H groups in total. The first-order valence-corrected chi connectivity index (χ1v) is 3.76. The lowest BCUT2D eigenvalue weighted by Gasteiger charge is -1.92. The highest BCUT2D eigenvalue weighted by molar-refractivity contribution is 5.86. The lowest BCUT2D eigenvalue weighted by molar-refractivity contribution is -0.390. The summed E-state index contributed by atoms with van der Waals surface area (Å²) < 4.78 is 1.28. The number of fused-ring (bicyclic) bond motifs is 1. The van der Waals surface area contributed by atoms with Crippen molar-refractivity contribution >= 4 is 16.7 Å². The van der Waals surface area contributed by atoms with Crippen LogP contribution in [0.3, 0.4) is 0 Å². The van der Waals surface area contributed by atoms with Crippen LogP contribution in [0.15, 0.2) is 24.3 Å². The van der Waals surface area contributed by atoms with E-state index < -0.39 is 4.92 Å². The molecule has 0 saturated heterocycles. The standard InChI is InChI=1S/C8H7N3O2/c1-10-8(11(12)13)6-4-2-3-5-7(6)9-10/h2-5H,1H3. The first-order valence-electron chi connectivity index (χ1n) is 3.76. The average molecular weight is 177 g/mol. The highest BCUT2D eigenvalue weighted by Gasteiger charge is 2.17. The molecule has 0 aliphatic carbocycles. The minimum Gasteiger partial charge on any atom is -0.358 e. The molecule has 0 saturated carbocycles. The molecule has 0 aliphatic rings. The number of hydrogen-bond donors (Lipinski definition) is 0. The summed E-state index contributed by atoms with van der Waals surface area (Å²) >= 11 is 0. The van der Waals surface area contributed by atoms with Gasteiger partial charge in [-0.15, -0.1) is 4.68 Å². The molecule has 0 fully saturated rings. The molecule has 5 nitrogen and oxygen atoms in total. The van der Waals surface area contributed by atoms with Gasteiger partial charge in [0.1, 0.15) is 12.6 Å². The lowest BCUT2D eigenvalue weighted by atomic mass is 10.2. The fourth-order valence-corrected chi connectivity index (χ4v) is 1.35. The van der Waals surface area contributed by atoms with Crippen molar-refractivity contribution in [3.63, 3.8) is 0 Å². The Morgan fingerprint density at radius 3 is 2.85 bits per heavy atom. The third-order valence-corrected chi connectivity index (χ3v) is 1.88. The summed E-state index contributed by atoms with van der Waals surface area (Å²) in [4.78, 5) is 10.2. The molecular weight excluding hydrogens is 170 g/mol. The van der Waals surface area contributed by atoms with Crippen LogP contribution >= 0.6 is 0 Å². The molecule has 0 aliphatic heterocycles. The van der Waals surface area contributed by atoms with Crippen molar-refractivity contribution in [2.24, 2.45) is 7.05 Å². The minimum atomic E-state index is -0.421. The molecule has 0 unspecified atom stereocenters. The molecule has 5 heteroatoms. The Bertz CT molecular complexity index is 475. The van der Waals surface area contributed by atoms with E-state index >= 15 is 0 Å². The van der Waals surface area contributed by atoms with Gasteiger partial charge in [-0.3, -0.25) is 0 Å². The van der Waals surface area contributed by atoms with Crippen molar-refractivity contribution in [1.82, 2.24) is 9.78 Å². The van der Waals surface area contributed by atoms with Crippen molar-refractivity contribution < 1.29 is 4.92 Å². The topological polar surface area (TPSA) is 61.0 Å². The van der Waals surface area contributed by atoms with E-state index in [2.05, 4.69) is 5.10 Å². The van der Waals surface area contributed by atoms with Gasteiger partial charge < -0.3 is 10.1 Å². The van der Waals surface area contributed by atoms with Crippen LogP contribution in [-0.2, 0) is 7.05 Å². The number of rotatable bonds is 1. The molecule has 2 aromatic rings. The Hall–Kier alpha value is -1.91. The molecule has 0 bridgehead atoms. The summed E-state index contributed by atoms with van der Waals surface area (Å²) in [6.07, 6.45) is 0. The Morgan fingerprint density at radius 1 is 1.46 bits per heavy atom. The first-order chi connectivity index (χ1) is 6.20. The van der Waals surface area contributed by atoms with Gasteiger partial charge in [0.2, 0.25) is 0 Å². The highest BCUT2D eigenvalue weighted by atomic mass is 16.6. The van der Waals surface area contributed by atoms with Crippen molar-refractivity contribution in [3.8, 4) is 0 Å². The third kappa shape index (κ3) is 1.05. The van der Waals surface area contributed by atoms with Crippen LogP contribution in [0.5, 0.6) is 0 Å². The average Bonchev–Trinajstić information content (AvgIpc) is 2.39. The first kappa shape index (κ1) is 7.72. The van der Waals surface area contributed by atoms with Gasteiger partial charge in [0.25, 0.3) is 0 Å². The number of nitro groups is 1. The second-order valence-corrected chi connectivity index (χ2v) is 2.72. The fraction of sp³-hybridized carbons (Fsp3) is 0.125. The number of hydrogen-bond acceptors (Lipinski definition) is 3. The minimum absolute atomic E-state index is 0.0376. The zero-order chi connectivity index (χ0) is 9.42. The monoisotopic (exact) mass is 177 g/mol. The molecule has 0 spiro atoms. The zero-order valence-electron chi connectivity index (χ0n) is 6.97. The molecule has 1 heterocycles. The maximum atomic E-state index is 10.6. The fourth-order valence-electron chi connectivity index (χ4n) is 1.35. The summed E-state index contributed by atoms with van der Waals surface area (Å²) in [5.41, 5.74) is 0.650. The van der Waals surface area contributed by atoms with E-state index in [0.29, 0.717) is 10.9 Å². The van der Waals surface area contributed by atoms with Crippen LogP contribution in [0.2, 0.25) is 0 Å². The molecule has 1 aromatic carbocycles. The highest BCUT2D eigenvalue weighted by Crippen LogP contribution is 2.23. The molecular formula is C8H7N3O2. The second kappa shape index (κ2) is 2.55. The van der Waals surface area contributed by atoms with E-state index in [-0.39, 0.29) is 5.82 Å². The zero-order valence-corrected chi connectivity index (χ0v) is 6.97. The van der Waals surface area contributed by atoms with Crippen LogP contribution in [0.25, 0.3) is 10.9 Å². The van der Waals surface area contributed by atoms with E-state index in [0.717, 1.165) is 0 Å². The van der Waals surface area contributed by atoms with Gasteiger partial charge in [0.05, 0.1) is 5.39 Å². The Balaban J connectivity index is 2.86. The van der Waals surface area contributed by atoms with E-state index in [9.17, 15) is 10.1 Å². The van der Waals surface area contributed by atoms with Crippen molar-refractivity contribution in [3.05, 3.63) is 34.4 Å². The normalized spacial score (nSPS) is 10.5. The summed E-state index contributed by atoms with van der Waals surface area (Å²) in [5, 5.41) is 15.2. The molecule has 0 atom stereocenters. The van der Waals surface area contributed by atoms with Gasteiger partial charge in [0.15, 0.2) is 0 Å². The maximum absolute atomic E-state index is 10.6. The predicted octanol–water partition coefficient (Wildman–Crippen LogP) is 1.48. The smallest absolute Gasteiger partial charge is 0.352 e. The van der Waals surface area contributed by atoms with E-state index in [1.807, 2.05) is 0 Å². The van der Waals surface area contributed by atoms with E-state index in [1.54, 1.807) is 31.3 Å².